The molecule has 2 atom stereocenters. The van der Waals surface area contributed by atoms with E-state index in [9.17, 15) is 19.7 Å². The highest BCUT2D eigenvalue weighted by Gasteiger charge is 2.54. The van der Waals surface area contributed by atoms with Crippen molar-refractivity contribution < 1.29 is 19.2 Å². The summed E-state index contributed by atoms with van der Waals surface area (Å²) in [6.07, 6.45) is 2.78. The predicted octanol–water partition coefficient (Wildman–Crippen LogP) is 2.74. The van der Waals surface area contributed by atoms with E-state index < -0.39 is 28.8 Å². The number of nitro groups is 1. The van der Waals surface area contributed by atoms with Crippen molar-refractivity contribution in [2.24, 2.45) is 5.41 Å². The fraction of sp³-hybridized carbons (Fsp3) is 0.529. The number of nitrogens with zero attached hydrogens (tertiary/aromatic N) is 1. The first-order chi connectivity index (χ1) is 11.0. The number of benzene rings is 1. The maximum atomic E-state index is 12.8. The fourth-order valence-electron chi connectivity index (χ4n) is 3.52. The van der Waals surface area contributed by atoms with Gasteiger partial charge in [0.15, 0.2) is 5.78 Å². The Morgan fingerprint density at radius 1 is 1.30 bits per heavy atom. The fourth-order valence-corrected chi connectivity index (χ4v) is 3.52. The van der Waals surface area contributed by atoms with Crippen LogP contribution in [0.25, 0.3) is 0 Å². The number of hydrogen-bond acceptors (Lipinski definition) is 5. The van der Waals surface area contributed by atoms with Crippen molar-refractivity contribution in [2.75, 3.05) is 13.7 Å². The molecular weight excluding hydrogens is 298 g/mol. The van der Waals surface area contributed by atoms with Crippen molar-refractivity contribution in [2.45, 2.75) is 38.0 Å². The molecule has 0 radical (unpaired) electrons. The zero-order chi connectivity index (χ0) is 16.9. The molecule has 1 aromatic carbocycles. The molecule has 6 nitrogen and oxygen atoms in total. The first kappa shape index (κ1) is 17.1. The van der Waals surface area contributed by atoms with Gasteiger partial charge in [0, 0.05) is 11.3 Å². The van der Waals surface area contributed by atoms with Crippen molar-refractivity contribution in [3.63, 3.8) is 0 Å². The minimum absolute atomic E-state index is 0.238. The molecule has 1 aliphatic carbocycles. The molecule has 0 bridgehead atoms. The van der Waals surface area contributed by atoms with Crippen LogP contribution in [0, 0.1) is 15.5 Å². The van der Waals surface area contributed by atoms with Crippen molar-refractivity contribution >= 4 is 11.8 Å². The van der Waals surface area contributed by atoms with Crippen LogP contribution in [0.1, 0.15) is 43.6 Å². The number of hydrogen-bond donors (Lipinski definition) is 0. The molecule has 2 rings (SSSR count). The highest BCUT2D eigenvalue weighted by Crippen LogP contribution is 2.45. The molecule has 124 valence electrons. The van der Waals surface area contributed by atoms with Gasteiger partial charge in [-0.2, -0.15) is 0 Å². The average Bonchev–Trinajstić information content (AvgIpc) is 2.75. The van der Waals surface area contributed by atoms with Gasteiger partial charge in [0.2, 0.25) is 6.54 Å². The number of ether oxygens (including phenoxy) is 1. The number of Topliss-reactive ketones (excluding diaryl/α,β-unsaturated/α-hetero) is 1. The topological polar surface area (TPSA) is 86.5 Å². The highest BCUT2D eigenvalue weighted by atomic mass is 16.6. The molecule has 1 fully saturated rings. The van der Waals surface area contributed by atoms with Crippen molar-refractivity contribution in [1.29, 1.82) is 0 Å². The minimum atomic E-state index is -1.46. The summed E-state index contributed by atoms with van der Waals surface area (Å²) in [6, 6.07) is 8.78. The number of carbonyl (C=O) groups is 2. The van der Waals surface area contributed by atoms with E-state index in [-0.39, 0.29) is 12.2 Å². The lowest BCUT2D eigenvalue weighted by atomic mass is 9.66. The zero-order valence-electron chi connectivity index (χ0n) is 13.2. The lowest BCUT2D eigenvalue weighted by molar-refractivity contribution is -0.485. The van der Waals surface area contributed by atoms with E-state index in [4.69, 9.17) is 4.74 Å². The molecule has 23 heavy (non-hydrogen) atoms. The summed E-state index contributed by atoms with van der Waals surface area (Å²) in [7, 11) is 1.23. The Morgan fingerprint density at radius 2 is 2.00 bits per heavy atom. The van der Waals surface area contributed by atoms with Crippen LogP contribution in [0.3, 0.4) is 0 Å². The third-order valence-electron chi connectivity index (χ3n) is 4.65. The Kier molecular flexibility index (Phi) is 5.47. The minimum Gasteiger partial charge on any atom is -0.468 e. The van der Waals surface area contributed by atoms with Crippen LogP contribution >= 0.6 is 0 Å². The number of ketones is 1. The molecule has 0 N–H and O–H groups in total. The molecule has 6 heteroatoms. The normalized spacial score (nSPS) is 22.9. The van der Waals surface area contributed by atoms with Gasteiger partial charge < -0.3 is 4.74 Å². The molecule has 1 aliphatic rings. The lowest BCUT2D eigenvalue weighted by Crippen LogP contribution is -2.47. The predicted molar refractivity (Wildman–Crippen MR) is 83.6 cm³/mol. The highest BCUT2D eigenvalue weighted by molar-refractivity contribution is 6.05. The van der Waals surface area contributed by atoms with Gasteiger partial charge in [-0.15, -0.1) is 0 Å². The summed E-state index contributed by atoms with van der Waals surface area (Å²) in [5.41, 5.74) is -0.829. The van der Waals surface area contributed by atoms with Crippen molar-refractivity contribution in [3.05, 3.63) is 46.0 Å². The van der Waals surface area contributed by atoms with Crippen LogP contribution < -0.4 is 0 Å². The molecule has 0 spiro atoms. The maximum Gasteiger partial charge on any atom is 0.320 e. The Hall–Kier alpha value is -2.24. The molecule has 0 heterocycles. The van der Waals surface area contributed by atoms with E-state index >= 15 is 0 Å². The third-order valence-corrected chi connectivity index (χ3v) is 4.65. The van der Waals surface area contributed by atoms with Gasteiger partial charge >= 0.3 is 5.97 Å². The van der Waals surface area contributed by atoms with Crippen LogP contribution in [0.15, 0.2) is 30.3 Å². The molecule has 0 unspecified atom stereocenters. The van der Waals surface area contributed by atoms with Crippen molar-refractivity contribution in [1.82, 2.24) is 0 Å². The smallest absolute Gasteiger partial charge is 0.320 e. The molecule has 0 saturated heterocycles. The van der Waals surface area contributed by atoms with Gasteiger partial charge in [-0.25, -0.2) is 0 Å². The van der Waals surface area contributed by atoms with Gasteiger partial charge in [-0.1, -0.05) is 43.2 Å². The number of methoxy groups -OCH3 is 1. The molecule has 1 saturated carbocycles. The van der Waals surface area contributed by atoms with Crippen LogP contribution in [0.5, 0.6) is 0 Å². The summed E-state index contributed by atoms with van der Waals surface area (Å²) in [4.78, 5) is 36.1. The molecule has 0 aliphatic heterocycles. The van der Waals surface area contributed by atoms with Crippen LogP contribution in [0.4, 0.5) is 0 Å². The molecule has 1 aromatic rings. The van der Waals surface area contributed by atoms with Crippen LogP contribution in [-0.4, -0.2) is 30.3 Å². The second-order valence-corrected chi connectivity index (χ2v) is 5.93. The SMILES string of the molecule is COC(=O)[C@@]1([C@@H](C[N+](=O)[O-])c2ccccc2)CCCCCC1=O. The quantitative estimate of drug-likeness (QED) is 0.274. The number of carbonyl (C=O) groups excluding carboxylic acids is 2. The summed E-state index contributed by atoms with van der Waals surface area (Å²) < 4.78 is 4.92. The second kappa shape index (κ2) is 7.35. The third kappa shape index (κ3) is 3.41. The first-order valence-electron chi connectivity index (χ1n) is 7.81. The Balaban J connectivity index is 2.58. The monoisotopic (exact) mass is 319 g/mol. The van der Waals surface area contributed by atoms with Gasteiger partial charge in [-0.05, 0) is 18.4 Å². The van der Waals surface area contributed by atoms with Crippen molar-refractivity contribution in [3.8, 4) is 0 Å². The standard InChI is InChI=1S/C17H21NO5/c1-23-16(20)17(11-7-3-6-10-15(17)19)14(12-18(21)22)13-8-4-2-5-9-13/h2,4-5,8-9,14H,3,6-7,10-12H2,1H3/t14-,17+/m0/s1. The van der Waals surface area contributed by atoms with Gasteiger partial charge in [0.1, 0.15) is 5.41 Å². The summed E-state index contributed by atoms with van der Waals surface area (Å²) in [5.74, 6) is -1.70. The van der Waals surface area contributed by atoms with Crippen LogP contribution in [0.2, 0.25) is 0 Å². The molecular formula is C17H21NO5. The summed E-state index contributed by atoms with van der Waals surface area (Å²) >= 11 is 0. The van der Waals surface area contributed by atoms with Gasteiger partial charge in [-0.3, -0.25) is 19.7 Å². The van der Waals surface area contributed by atoms with Gasteiger partial charge in [0.25, 0.3) is 0 Å². The van der Waals surface area contributed by atoms with Crippen LogP contribution in [-0.2, 0) is 14.3 Å². The van der Waals surface area contributed by atoms with E-state index in [1.54, 1.807) is 30.3 Å². The Bertz CT molecular complexity index is 586. The molecule has 0 aromatic heterocycles. The second-order valence-electron chi connectivity index (χ2n) is 5.93. The van der Waals surface area contributed by atoms with E-state index in [1.807, 2.05) is 0 Å². The largest absolute Gasteiger partial charge is 0.468 e. The number of rotatable bonds is 5. The van der Waals surface area contributed by atoms with E-state index in [0.29, 0.717) is 24.8 Å². The zero-order valence-corrected chi connectivity index (χ0v) is 13.2. The van der Waals surface area contributed by atoms with E-state index in [0.717, 1.165) is 6.42 Å². The summed E-state index contributed by atoms with van der Waals surface area (Å²) in [6.45, 7) is -0.467. The lowest BCUT2D eigenvalue weighted by Gasteiger charge is -2.34. The molecule has 0 amide bonds. The van der Waals surface area contributed by atoms with Gasteiger partial charge in [0.05, 0.1) is 13.0 Å². The summed E-state index contributed by atoms with van der Waals surface area (Å²) in [5, 5.41) is 11.2. The maximum absolute atomic E-state index is 12.8. The Labute approximate surface area is 135 Å². The van der Waals surface area contributed by atoms with E-state index in [1.165, 1.54) is 7.11 Å². The average molecular weight is 319 g/mol. The number of esters is 1. The first-order valence-corrected chi connectivity index (χ1v) is 7.81. The van der Waals surface area contributed by atoms with E-state index in [2.05, 4.69) is 0 Å². The Morgan fingerprint density at radius 3 is 2.61 bits per heavy atom.